The monoisotopic (exact) mass is 327 g/mol. The highest BCUT2D eigenvalue weighted by molar-refractivity contribution is 5.95. The lowest BCUT2D eigenvalue weighted by molar-refractivity contribution is -0.121. The minimum atomic E-state index is -0.129. The maximum Gasteiger partial charge on any atom is 0.241 e. The number of furan rings is 1. The first kappa shape index (κ1) is 16.7. The van der Waals surface area contributed by atoms with Crippen LogP contribution in [-0.2, 0) is 11.3 Å². The molecular weight excluding hydrogens is 302 g/mol. The predicted octanol–water partition coefficient (Wildman–Crippen LogP) is 2.73. The lowest BCUT2D eigenvalue weighted by Crippen LogP contribution is -2.52. The van der Waals surface area contributed by atoms with E-state index in [1.807, 2.05) is 50.2 Å². The van der Waals surface area contributed by atoms with E-state index in [0.29, 0.717) is 0 Å². The quantitative estimate of drug-likeness (QED) is 0.917. The summed E-state index contributed by atoms with van der Waals surface area (Å²) in [7, 11) is 0. The summed E-state index contributed by atoms with van der Waals surface area (Å²) >= 11 is 0. The van der Waals surface area contributed by atoms with E-state index in [0.717, 1.165) is 49.7 Å². The van der Waals surface area contributed by atoms with Crippen molar-refractivity contribution in [2.45, 2.75) is 26.4 Å². The van der Waals surface area contributed by atoms with Gasteiger partial charge in [0.1, 0.15) is 5.76 Å². The van der Waals surface area contributed by atoms with Crippen LogP contribution in [0.15, 0.2) is 47.1 Å². The third-order valence-corrected chi connectivity index (χ3v) is 4.70. The van der Waals surface area contributed by atoms with Gasteiger partial charge >= 0.3 is 0 Å². The minimum absolute atomic E-state index is 0.0591. The summed E-state index contributed by atoms with van der Waals surface area (Å²) in [6.07, 6.45) is 1.71. The molecule has 1 unspecified atom stereocenters. The highest BCUT2D eigenvalue weighted by Crippen LogP contribution is 2.16. The summed E-state index contributed by atoms with van der Waals surface area (Å²) in [6, 6.07) is 11.7. The van der Waals surface area contributed by atoms with Crippen LogP contribution >= 0.6 is 0 Å². The number of hydrogen-bond donors (Lipinski definition) is 1. The number of benzene rings is 1. The van der Waals surface area contributed by atoms with Crippen molar-refractivity contribution < 1.29 is 9.21 Å². The van der Waals surface area contributed by atoms with Crippen molar-refractivity contribution in [2.24, 2.45) is 0 Å². The molecule has 5 nitrogen and oxygen atoms in total. The number of hydrogen-bond acceptors (Lipinski definition) is 4. The minimum Gasteiger partial charge on any atom is -0.468 e. The van der Waals surface area contributed by atoms with Crippen molar-refractivity contribution >= 4 is 11.6 Å². The van der Waals surface area contributed by atoms with E-state index < -0.39 is 0 Å². The molecule has 1 aliphatic heterocycles. The largest absolute Gasteiger partial charge is 0.468 e. The topological polar surface area (TPSA) is 48.7 Å². The van der Waals surface area contributed by atoms with Crippen molar-refractivity contribution in [1.82, 2.24) is 9.80 Å². The SMILES string of the molecule is Cc1ccccc1NC(=O)C(C)N1CCN(Cc2ccco2)CC1. The summed E-state index contributed by atoms with van der Waals surface area (Å²) < 4.78 is 5.41. The van der Waals surface area contributed by atoms with Crippen LogP contribution in [-0.4, -0.2) is 47.9 Å². The van der Waals surface area contributed by atoms with Gasteiger partial charge in [-0.05, 0) is 37.6 Å². The molecule has 1 fully saturated rings. The van der Waals surface area contributed by atoms with E-state index in [1.165, 1.54) is 0 Å². The Hall–Kier alpha value is -2.11. The van der Waals surface area contributed by atoms with Crippen LogP contribution < -0.4 is 5.32 Å². The summed E-state index contributed by atoms with van der Waals surface area (Å²) in [6.45, 7) is 8.51. The summed E-state index contributed by atoms with van der Waals surface area (Å²) in [5, 5.41) is 3.05. The molecule has 1 atom stereocenters. The highest BCUT2D eigenvalue weighted by Gasteiger charge is 2.26. The maximum atomic E-state index is 12.5. The van der Waals surface area contributed by atoms with Gasteiger partial charge in [0.25, 0.3) is 0 Å². The van der Waals surface area contributed by atoms with E-state index >= 15 is 0 Å². The molecule has 128 valence electrons. The van der Waals surface area contributed by atoms with Gasteiger partial charge in [-0.1, -0.05) is 18.2 Å². The van der Waals surface area contributed by atoms with E-state index in [9.17, 15) is 4.79 Å². The third kappa shape index (κ3) is 4.04. The van der Waals surface area contributed by atoms with Crippen LogP contribution in [0.1, 0.15) is 18.2 Å². The molecule has 1 N–H and O–H groups in total. The fraction of sp³-hybridized carbons (Fsp3) is 0.421. The fourth-order valence-corrected chi connectivity index (χ4v) is 3.05. The van der Waals surface area contributed by atoms with Crippen LogP contribution in [0.25, 0.3) is 0 Å². The zero-order valence-electron chi connectivity index (χ0n) is 14.4. The Kier molecular flexibility index (Phi) is 5.33. The molecule has 1 saturated heterocycles. The number of anilines is 1. The number of para-hydroxylation sites is 1. The zero-order valence-corrected chi connectivity index (χ0v) is 14.4. The van der Waals surface area contributed by atoms with Gasteiger partial charge in [-0.2, -0.15) is 0 Å². The van der Waals surface area contributed by atoms with Crippen LogP contribution in [0.3, 0.4) is 0 Å². The lowest BCUT2D eigenvalue weighted by Gasteiger charge is -2.37. The average molecular weight is 327 g/mol. The number of aryl methyl sites for hydroxylation is 1. The molecule has 24 heavy (non-hydrogen) atoms. The number of amides is 1. The number of carbonyl (C=O) groups is 1. The molecule has 1 aromatic carbocycles. The summed E-state index contributed by atoms with van der Waals surface area (Å²) in [4.78, 5) is 17.1. The van der Waals surface area contributed by atoms with Crippen LogP contribution in [0.5, 0.6) is 0 Å². The lowest BCUT2D eigenvalue weighted by atomic mass is 10.1. The molecule has 0 aliphatic carbocycles. The molecule has 1 amide bonds. The molecule has 0 radical (unpaired) electrons. The average Bonchev–Trinajstić information content (AvgIpc) is 3.10. The maximum absolute atomic E-state index is 12.5. The molecule has 1 aromatic heterocycles. The molecular formula is C19H25N3O2. The number of rotatable bonds is 5. The molecule has 3 rings (SSSR count). The van der Waals surface area contributed by atoms with E-state index in [2.05, 4.69) is 15.1 Å². The standard InChI is InChI=1S/C19H25N3O2/c1-15-6-3-4-8-18(15)20-19(23)16(2)22-11-9-21(10-12-22)14-17-7-5-13-24-17/h3-8,13,16H,9-12,14H2,1-2H3,(H,20,23). The van der Waals surface area contributed by atoms with Crippen LogP contribution in [0.2, 0.25) is 0 Å². The first-order valence-electron chi connectivity index (χ1n) is 8.49. The Balaban J connectivity index is 1.50. The highest BCUT2D eigenvalue weighted by atomic mass is 16.3. The predicted molar refractivity (Wildman–Crippen MR) is 94.8 cm³/mol. The fourth-order valence-electron chi connectivity index (χ4n) is 3.05. The first-order valence-corrected chi connectivity index (χ1v) is 8.49. The van der Waals surface area contributed by atoms with E-state index in [4.69, 9.17) is 4.42 Å². The van der Waals surface area contributed by atoms with Gasteiger partial charge in [0.05, 0.1) is 18.8 Å². The van der Waals surface area contributed by atoms with E-state index in [1.54, 1.807) is 6.26 Å². The second-order valence-electron chi connectivity index (χ2n) is 6.37. The van der Waals surface area contributed by atoms with Crippen LogP contribution in [0, 0.1) is 6.92 Å². The molecule has 0 spiro atoms. The van der Waals surface area contributed by atoms with Crippen molar-refractivity contribution in [3.8, 4) is 0 Å². The molecule has 0 saturated carbocycles. The Bertz CT molecular complexity index is 661. The second-order valence-corrected chi connectivity index (χ2v) is 6.37. The number of nitrogens with zero attached hydrogens (tertiary/aromatic N) is 2. The van der Waals surface area contributed by atoms with Crippen LogP contribution in [0.4, 0.5) is 5.69 Å². The Morgan fingerprint density at radius 2 is 1.92 bits per heavy atom. The van der Waals surface area contributed by atoms with Gasteiger partial charge < -0.3 is 9.73 Å². The molecule has 1 aliphatic rings. The van der Waals surface area contributed by atoms with Gasteiger partial charge in [0.2, 0.25) is 5.91 Å². The first-order chi connectivity index (χ1) is 11.6. The smallest absolute Gasteiger partial charge is 0.241 e. The van der Waals surface area contributed by atoms with Gasteiger partial charge in [-0.3, -0.25) is 14.6 Å². The number of nitrogens with one attached hydrogen (secondary N) is 1. The third-order valence-electron chi connectivity index (χ3n) is 4.70. The normalized spacial score (nSPS) is 17.6. The second kappa shape index (κ2) is 7.64. The Morgan fingerprint density at radius 1 is 1.17 bits per heavy atom. The number of carbonyl (C=O) groups excluding carboxylic acids is 1. The van der Waals surface area contributed by atoms with Gasteiger partial charge in [0, 0.05) is 31.9 Å². The zero-order chi connectivity index (χ0) is 16.9. The van der Waals surface area contributed by atoms with E-state index in [-0.39, 0.29) is 11.9 Å². The molecule has 5 heteroatoms. The Labute approximate surface area is 143 Å². The molecule has 2 aromatic rings. The van der Waals surface area contributed by atoms with Crippen molar-refractivity contribution in [3.63, 3.8) is 0 Å². The molecule has 2 heterocycles. The summed E-state index contributed by atoms with van der Waals surface area (Å²) in [5.74, 6) is 1.05. The van der Waals surface area contributed by atoms with Gasteiger partial charge in [-0.25, -0.2) is 0 Å². The van der Waals surface area contributed by atoms with Gasteiger partial charge in [0.15, 0.2) is 0 Å². The van der Waals surface area contributed by atoms with Crippen molar-refractivity contribution in [3.05, 3.63) is 54.0 Å². The van der Waals surface area contributed by atoms with Crippen molar-refractivity contribution in [2.75, 3.05) is 31.5 Å². The molecule has 0 bridgehead atoms. The number of piperazine rings is 1. The summed E-state index contributed by atoms with van der Waals surface area (Å²) in [5.41, 5.74) is 1.98. The van der Waals surface area contributed by atoms with Crippen molar-refractivity contribution in [1.29, 1.82) is 0 Å². The van der Waals surface area contributed by atoms with Gasteiger partial charge in [-0.15, -0.1) is 0 Å². The Morgan fingerprint density at radius 3 is 2.58 bits per heavy atom.